The predicted octanol–water partition coefficient (Wildman–Crippen LogP) is 3.53. The van der Waals surface area contributed by atoms with Gasteiger partial charge >= 0.3 is 0 Å². The summed E-state index contributed by atoms with van der Waals surface area (Å²) in [6.45, 7) is 0.882. The molecule has 1 heterocycles. The summed E-state index contributed by atoms with van der Waals surface area (Å²) in [5.41, 5.74) is 0.312. The molecule has 0 aliphatic carbocycles. The van der Waals surface area contributed by atoms with Crippen molar-refractivity contribution in [3.8, 4) is 0 Å². The minimum Gasteiger partial charge on any atom is -0.389 e. The third-order valence-electron chi connectivity index (χ3n) is 2.59. The topological polar surface area (TPSA) is 41.5 Å². The average molecular weight is 316 g/mol. The Hall–Kier alpha value is -1.14. The number of hydrogen-bond donors (Lipinski definition) is 2. The summed E-state index contributed by atoms with van der Waals surface area (Å²) in [6.07, 6.45) is -0.704. The Morgan fingerprint density at radius 1 is 1.40 bits per heavy atom. The van der Waals surface area contributed by atoms with Crippen molar-refractivity contribution in [2.24, 2.45) is 0 Å². The maximum absolute atomic E-state index is 13.5. The van der Waals surface area contributed by atoms with E-state index >= 15 is 0 Å². The van der Waals surface area contributed by atoms with E-state index in [4.69, 9.17) is 16.3 Å². The van der Waals surface area contributed by atoms with E-state index in [1.165, 1.54) is 12.1 Å². The number of thiophene rings is 1. The van der Waals surface area contributed by atoms with Gasteiger partial charge in [0.05, 0.1) is 25.0 Å². The fourth-order valence-corrected chi connectivity index (χ4v) is 2.41. The maximum atomic E-state index is 13.5. The molecule has 1 unspecified atom stereocenters. The number of aliphatic hydroxyl groups is 1. The van der Waals surface area contributed by atoms with Crippen molar-refractivity contribution in [3.05, 3.63) is 51.4 Å². The minimum absolute atomic E-state index is 0.195. The standard InChI is InChI=1S/C14H15ClFNO2S/c15-10-3-4-14(13(16)6-10)17-7-11(18)8-19-9-12-2-1-5-20-12/h1-6,11,17-18H,7-9H2. The molecule has 0 radical (unpaired) electrons. The molecular weight excluding hydrogens is 301 g/mol. The van der Waals surface area contributed by atoms with E-state index in [-0.39, 0.29) is 13.2 Å². The van der Waals surface area contributed by atoms with Crippen LogP contribution in [0.4, 0.5) is 10.1 Å². The van der Waals surface area contributed by atoms with Gasteiger partial charge in [0.2, 0.25) is 0 Å². The van der Waals surface area contributed by atoms with Crippen LogP contribution in [0.5, 0.6) is 0 Å². The summed E-state index contributed by atoms with van der Waals surface area (Å²) in [4.78, 5) is 1.11. The van der Waals surface area contributed by atoms with E-state index in [0.717, 1.165) is 4.88 Å². The van der Waals surface area contributed by atoms with E-state index in [9.17, 15) is 9.50 Å². The Morgan fingerprint density at radius 2 is 2.25 bits per heavy atom. The van der Waals surface area contributed by atoms with Crippen LogP contribution in [0.3, 0.4) is 0 Å². The highest BCUT2D eigenvalue weighted by Crippen LogP contribution is 2.18. The summed E-state index contributed by atoms with van der Waals surface area (Å²) >= 11 is 7.26. The zero-order valence-corrected chi connectivity index (χ0v) is 12.3. The first-order valence-corrected chi connectivity index (χ1v) is 7.38. The lowest BCUT2D eigenvalue weighted by atomic mass is 10.3. The molecule has 0 fully saturated rings. The third kappa shape index (κ3) is 4.76. The van der Waals surface area contributed by atoms with Gasteiger partial charge in [-0.1, -0.05) is 17.7 Å². The molecule has 0 saturated heterocycles. The van der Waals surface area contributed by atoms with Gasteiger partial charge in [0.15, 0.2) is 0 Å². The predicted molar refractivity (Wildman–Crippen MR) is 79.9 cm³/mol. The Labute approximate surface area is 126 Å². The van der Waals surface area contributed by atoms with Gasteiger partial charge in [0, 0.05) is 16.4 Å². The van der Waals surface area contributed by atoms with Crippen molar-refractivity contribution in [1.82, 2.24) is 0 Å². The number of benzene rings is 1. The molecule has 0 aliphatic heterocycles. The Kier molecular flexibility index (Phi) is 5.79. The van der Waals surface area contributed by atoms with Crippen molar-refractivity contribution in [1.29, 1.82) is 0 Å². The lowest BCUT2D eigenvalue weighted by Crippen LogP contribution is -2.25. The number of rotatable bonds is 7. The average Bonchev–Trinajstić information content (AvgIpc) is 2.91. The smallest absolute Gasteiger partial charge is 0.147 e. The molecule has 0 bridgehead atoms. The number of ether oxygens (including phenoxy) is 1. The molecule has 2 aromatic rings. The zero-order chi connectivity index (χ0) is 14.4. The van der Waals surface area contributed by atoms with E-state index in [1.54, 1.807) is 17.4 Å². The second-order valence-electron chi connectivity index (χ2n) is 4.25. The van der Waals surface area contributed by atoms with E-state index < -0.39 is 11.9 Å². The Morgan fingerprint density at radius 3 is 2.95 bits per heavy atom. The molecule has 0 spiro atoms. The van der Waals surface area contributed by atoms with Crippen LogP contribution in [0, 0.1) is 5.82 Å². The molecule has 3 nitrogen and oxygen atoms in total. The molecule has 2 rings (SSSR count). The molecule has 20 heavy (non-hydrogen) atoms. The van der Waals surface area contributed by atoms with Crippen LogP contribution in [0.25, 0.3) is 0 Å². The van der Waals surface area contributed by atoms with Crippen molar-refractivity contribution >= 4 is 28.6 Å². The third-order valence-corrected chi connectivity index (χ3v) is 3.68. The largest absolute Gasteiger partial charge is 0.389 e. The van der Waals surface area contributed by atoms with Crippen LogP contribution in [0.2, 0.25) is 5.02 Å². The summed E-state index contributed by atoms with van der Waals surface area (Å²) in [7, 11) is 0. The number of anilines is 1. The second-order valence-corrected chi connectivity index (χ2v) is 5.72. The van der Waals surface area contributed by atoms with Crippen LogP contribution in [0.1, 0.15) is 4.88 Å². The van der Waals surface area contributed by atoms with Crippen LogP contribution in [-0.4, -0.2) is 24.4 Å². The lowest BCUT2D eigenvalue weighted by molar-refractivity contribution is 0.0358. The Bertz CT molecular complexity index is 536. The lowest BCUT2D eigenvalue weighted by Gasteiger charge is -2.13. The van der Waals surface area contributed by atoms with E-state index in [1.807, 2.05) is 17.5 Å². The molecule has 0 aliphatic rings. The first-order valence-electron chi connectivity index (χ1n) is 6.12. The minimum atomic E-state index is -0.704. The number of aliphatic hydroxyl groups excluding tert-OH is 1. The van der Waals surface area contributed by atoms with Crippen LogP contribution >= 0.6 is 22.9 Å². The van der Waals surface area contributed by atoms with Crippen LogP contribution in [-0.2, 0) is 11.3 Å². The summed E-state index contributed by atoms with van der Waals surface area (Å²) < 4.78 is 18.9. The number of hydrogen-bond acceptors (Lipinski definition) is 4. The SMILES string of the molecule is OC(CNc1ccc(Cl)cc1F)COCc1cccs1. The van der Waals surface area contributed by atoms with Crippen molar-refractivity contribution < 1.29 is 14.2 Å². The van der Waals surface area contributed by atoms with Gasteiger partial charge in [0.25, 0.3) is 0 Å². The maximum Gasteiger partial charge on any atom is 0.147 e. The monoisotopic (exact) mass is 315 g/mol. The summed E-state index contributed by atoms with van der Waals surface area (Å²) in [6, 6.07) is 8.27. The first kappa shape index (κ1) is 15.3. The summed E-state index contributed by atoms with van der Waals surface area (Å²) in [5, 5.41) is 14.9. The van der Waals surface area contributed by atoms with Gasteiger partial charge in [0.1, 0.15) is 5.82 Å². The molecule has 1 atom stereocenters. The summed E-state index contributed by atoms with van der Waals surface area (Å²) in [5.74, 6) is -0.441. The molecule has 1 aromatic carbocycles. The molecule has 6 heteroatoms. The molecule has 0 amide bonds. The van der Waals surface area contributed by atoms with Gasteiger partial charge in [-0.25, -0.2) is 4.39 Å². The molecule has 1 aromatic heterocycles. The highest BCUT2D eigenvalue weighted by molar-refractivity contribution is 7.09. The normalized spacial score (nSPS) is 12.3. The van der Waals surface area contributed by atoms with Gasteiger partial charge < -0.3 is 15.2 Å². The fourth-order valence-electron chi connectivity index (χ4n) is 1.61. The van der Waals surface area contributed by atoms with Crippen LogP contribution < -0.4 is 5.32 Å². The van der Waals surface area contributed by atoms with Crippen molar-refractivity contribution in [2.45, 2.75) is 12.7 Å². The highest BCUT2D eigenvalue weighted by atomic mass is 35.5. The van der Waals surface area contributed by atoms with Crippen molar-refractivity contribution in [3.63, 3.8) is 0 Å². The second kappa shape index (κ2) is 7.59. The number of nitrogens with one attached hydrogen (secondary N) is 1. The van der Waals surface area contributed by atoms with Gasteiger partial charge in [-0.15, -0.1) is 11.3 Å². The Balaban J connectivity index is 1.70. The molecular formula is C14H15ClFNO2S. The van der Waals surface area contributed by atoms with Gasteiger partial charge in [-0.05, 0) is 29.6 Å². The first-order chi connectivity index (χ1) is 9.65. The zero-order valence-electron chi connectivity index (χ0n) is 10.7. The van der Waals surface area contributed by atoms with Crippen LogP contribution in [0.15, 0.2) is 35.7 Å². The fraction of sp³-hybridized carbons (Fsp3) is 0.286. The molecule has 2 N–H and O–H groups in total. The molecule has 108 valence electrons. The highest BCUT2D eigenvalue weighted by Gasteiger charge is 2.07. The molecule has 0 saturated carbocycles. The van der Waals surface area contributed by atoms with E-state index in [0.29, 0.717) is 17.3 Å². The quantitative estimate of drug-likeness (QED) is 0.821. The van der Waals surface area contributed by atoms with Gasteiger partial charge in [-0.2, -0.15) is 0 Å². The van der Waals surface area contributed by atoms with Gasteiger partial charge in [-0.3, -0.25) is 0 Å². The number of halogens is 2. The van der Waals surface area contributed by atoms with Crippen molar-refractivity contribution in [2.75, 3.05) is 18.5 Å². The van der Waals surface area contributed by atoms with E-state index in [2.05, 4.69) is 5.32 Å².